The molecule has 4 rings (SSSR count). The summed E-state index contributed by atoms with van der Waals surface area (Å²) >= 11 is 0. The van der Waals surface area contributed by atoms with E-state index >= 15 is 0 Å². The molecule has 1 aromatic heterocycles. The van der Waals surface area contributed by atoms with Crippen LogP contribution >= 0.6 is 0 Å². The van der Waals surface area contributed by atoms with E-state index < -0.39 is 0 Å². The number of carbonyl (C=O) groups excluding carboxylic acids is 2. The second-order valence-corrected chi connectivity index (χ2v) is 7.18. The molecule has 29 heavy (non-hydrogen) atoms. The molecule has 2 heterocycles. The van der Waals surface area contributed by atoms with Gasteiger partial charge in [0.1, 0.15) is 0 Å². The largest absolute Gasteiger partial charge is 0.338 e. The van der Waals surface area contributed by atoms with Gasteiger partial charge in [0.2, 0.25) is 5.89 Å². The van der Waals surface area contributed by atoms with Gasteiger partial charge in [-0.1, -0.05) is 47.6 Å². The van der Waals surface area contributed by atoms with Crippen molar-refractivity contribution < 1.29 is 14.1 Å². The van der Waals surface area contributed by atoms with E-state index in [4.69, 9.17) is 4.52 Å². The van der Waals surface area contributed by atoms with Gasteiger partial charge in [0.05, 0.1) is 17.2 Å². The number of hydrogen-bond donors (Lipinski definition) is 0. The number of carbonyl (C=O) groups is 2. The lowest BCUT2D eigenvalue weighted by atomic mass is 10.1. The highest BCUT2D eigenvalue weighted by atomic mass is 16.5. The lowest BCUT2D eigenvalue weighted by molar-refractivity contribution is 0.0631. The van der Waals surface area contributed by atoms with E-state index in [0.29, 0.717) is 42.4 Å². The number of amides is 2. The van der Waals surface area contributed by atoms with Gasteiger partial charge in [-0.3, -0.25) is 19.4 Å². The first-order valence-electron chi connectivity index (χ1n) is 9.56. The van der Waals surface area contributed by atoms with Crippen molar-refractivity contribution in [1.29, 1.82) is 0 Å². The Morgan fingerprint density at radius 1 is 1.00 bits per heavy atom. The van der Waals surface area contributed by atoms with E-state index in [9.17, 15) is 9.59 Å². The zero-order valence-electron chi connectivity index (χ0n) is 16.4. The van der Waals surface area contributed by atoms with Crippen molar-refractivity contribution in [2.24, 2.45) is 0 Å². The van der Waals surface area contributed by atoms with Crippen LogP contribution in [-0.4, -0.2) is 51.9 Å². The maximum absolute atomic E-state index is 12.5. The van der Waals surface area contributed by atoms with Gasteiger partial charge in [0, 0.05) is 19.5 Å². The van der Waals surface area contributed by atoms with Crippen LogP contribution < -0.4 is 0 Å². The Balaban J connectivity index is 1.36. The Bertz CT molecular complexity index is 996. The molecule has 1 aliphatic rings. The van der Waals surface area contributed by atoms with E-state index in [1.54, 1.807) is 24.3 Å². The molecule has 0 N–H and O–H groups in total. The maximum Gasteiger partial charge on any atom is 0.261 e. The average molecular weight is 390 g/mol. The molecule has 0 aliphatic carbocycles. The van der Waals surface area contributed by atoms with E-state index in [0.717, 1.165) is 5.56 Å². The Morgan fingerprint density at radius 3 is 2.28 bits per heavy atom. The van der Waals surface area contributed by atoms with Crippen LogP contribution in [0.25, 0.3) is 0 Å². The SMILES string of the molecule is CC(c1nc(Cc2ccccc2)no1)N(C)CCN1C(=O)c2ccccc2C1=O. The Morgan fingerprint density at radius 2 is 1.62 bits per heavy atom. The monoisotopic (exact) mass is 390 g/mol. The van der Waals surface area contributed by atoms with E-state index in [1.807, 2.05) is 49.2 Å². The second-order valence-electron chi connectivity index (χ2n) is 7.18. The quantitative estimate of drug-likeness (QED) is 0.577. The summed E-state index contributed by atoms with van der Waals surface area (Å²) in [6, 6.07) is 16.7. The van der Waals surface area contributed by atoms with Gasteiger partial charge in [-0.2, -0.15) is 4.98 Å². The highest BCUT2D eigenvalue weighted by Gasteiger charge is 2.35. The average Bonchev–Trinajstić information content (AvgIpc) is 3.30. The molecule has 7 heteroatoms. The van der Waals surface area contributed by atoms with E-state index in [-0.39, 0.29) is 17.9 Å². The van der Waals surface area contributed by atoms with Crippen molar-refractivity contribution in [1.82, 2.24) is 19.9 Å². The standard InChI is InChI=1S/C22H22N4O3/c1-15(20-23-19(24-29-20)14-16-8-4-3-5-9-16)25(2)12-13-26-21(27)17-10-6-7-11-18(17)22(26)28/h3-11,15H,12-14H2,1-2H3. The van der Waals surface area contributed by atoms with Crippen molar-refractivity contribution in [3.8, 4) is 0 Å². The predicted octanol–water partition coefficient (Wildman–Crippen LogP) is 2.95. The molecule has 3 aromatic rings. The first-order valence-corrected chi connectivity index (χ1v) is 9.56. The van der Waals surface area contributed by atoms with Crippen molar-refractivity contribution in [3.63, 3.8) is 0 Å². The van der Waals surface area contributed by atoms with Crippen molar-refractivity contribution in [3.05, 3.63) is 83.0 Å². The normalized spacial score (nSPS) is 14.5. The minimum atomic E-state index is -0.241. The highest BCUT2D eigenvalue weighted by Crippen LogP contribution is 2.23. The smallest absolute Gasteiger partial charge is 0.261 e. The fourth-order valence-corrected chi connectivity index (χ4v) is 3.37. The van der Waals surface area contributed by atoms with Crippen LogP contribution in [0.4, 0.5) is 0 Å². The summed E-state index contributed by atoms with van der Waals surface area (Å²) < 4.78 is 5.43. The number of rotatable bonds is 7. The van der Waals surface area contributed by atoms with Gasteiger partial charge in [-0.25, -0.2) is 0 Å². The fraction of sp³-hybridized carbons (Fsp3) is 0.273. The molecule has 0 fully saturated rings. The van der Waals surface area contributed by atoms with Crippen molar-refractivity contribution in [2.75, 3.05) is 20.1 Å². The van der Waals surface area contributed by atoms with Crippen LogP contribution in [0, 0.1) is 0 Å². The topological polar surface area (TPSA) is 79.5 Å². The van der Waals surface area contributed by atoms with Gasteiger partial charge >= 0.3 is 0 Å². The van der Waals surface area contributed by atoms with Gasteiger partial charge in [-0.05, 0) is 31.7 Å². The second kappa shape index (κ2) is 7.97. The summed E-state index contributed by atoms with van der Waals surface area (Å²) in [4.78, 5) is 32.7. The molecule has 0 saturated heterocycles. The summed E-state index contributed by atoms with van der Waals surface area (Å²) in [5.74, 6) is 0.664. The maximum atomic E-state index is 12.5. The zero-order chi connectivity index (χ0) is 20.4. The summed E-state index contributed by atoms with van der Waals surface area (Å²) in [7, 11) is 1.91. The summed E-state index contributed by atoms with van der Waals surface area (Å²) in [6.07, 6.45) is 0.607. The lowest BCUT2D eigenvalue weighted by Gasteiger charge is -2.24. The van der Waals surface area contributed by atoms with Crippen LogP contribution in [0.3, 0.4) is 0 Å². The summed E-state index contributed by atoms with van der Waals surface area (Å²) in [5, 5.41) is 4.07. The molecule has 0 bridgehead atoms. The molecule has 1 aliphatic heterocycles. The number of nitrogens with zero attached hydrogens (tertiary/aromatic N) is 4. The molecule has 2 aromatic carbocycles. The fourth-order valence-electron chi connectivity index (χ4n) is 3.37. The van der Waals surface area contributed by atoms with Gasteiger partial charge in [0.25, 0.3) is 11.8 Å². The first-order chi connectivity index (χ1) is 14.0. The van der Waals surface area contributed by atoms with E-state index in [2.05, 4.69) is 10.1 Å². The van der Waals surface area contributed by atoms with Gasteiger partial charge in [-0.15, -0.1) is 0 Å². The number of fused-ring (bicyclic) bond motifs is 1. The third kappa shape index (κ3) is 3.82. The minimum Gasteiger partial charge on any atom is -0.338 e. The molecule has 0 saturated carbocycles. The Hall–Kier alpha value is -3.32. The predicted molar refractivity (Wildman–Crippen MR) is 106 cm³/mol. The van der Waals surface area contributed by atoms with Crippen molar-refractivity contribution in [2.45, 2.75) is 19.4 Å². The number of imide groups is 1. The number of benzene rings is 2. The molecule has 0 radical (unpaired) electrons. The first kappa shape index (κ1) is 19.0. The highest BCUT2D eigenvalue weighted by molar-refractivity contribution is 6.21. The molecular formula is C22H22N4O3. The molecular weight excluding hydrogens is 368 g/mol. The number of hydrogen-bond acceptors (Lipinski definition) is 6. The van der Waals surface area contributed by atoms with Crippen LogP contribution in [0.5, 0.6) is 0 Å². The van der Waals surface area contributed by atoms with Crippen LogP contribution in [-0.2, 0) is 6.42 Å². The third-order valence-electron chi connectivity index (χ3n) is 5.26. The van der Waals surface area contributed by atoms with Gasteiger partial charge < -0.3 is 4.52 Å². The van der Waals surface area contributed by atoms with Crippen molar-refractivity contribution >= 4 is 11.8 Å². The Kier molecular flexibility index (Phi) is 5.22. The molecule has 1 atom stereocenters. The molecule has 148 valence electrons. The number of likely N-dealkylation sites (N-methyl/N-ethyl adjacent to an activating group) is 1. The van der Waals surface area contributed by atoms with E-state index in [1.165, 1.54) is 4.90 Å². The minimum absolute atomic E-state index is 0.137. The molecule has 1 unspecified atom stereocenters. The van der Waals surface area contributed by atoms with Crippen LogP contribution in [0.1, 0.15) is 51.0 Å². The van der Waals surface area contributed by atoms with Crippen LogP contribution in [0.2, 0.25) is 0 Å². The molecule has 0 spiro atoms. The molecule has 7 nitrogen and oxygen atoms in total. The lowest BCUT2D eigenvalue weighted by Crippen LogP contribution is -2.37. The van der Waals surface area contributed by atoms with Crippen LogP contribution in [0.15, 0.2) is 59.1 Å². The summed E-state index contributed by atoms with van der Waals surface area (Å²) in [5.41, 5.74) is 2.05. The molecule has 2 amide bonds. The zero-order valence-corrected chi connectivity index (χ0v) is 16.4. The third-order valence-corrected chi connectivity index (χ3v) is 5.26. The number of aromatic nitrogens is 2. The Labute approximate surface area is 168 Å². The van der Waals surface area contributed by atoms with Gasteiger partial charge in [0.15, 0.2) is 5.82 Å². The summed E-state index contributed by atoms with van der Waals surface area (Å²) in [6.45, 7) is 2.77.